The van der Waals surface area contributed by atoms with Crippen molar-refractivity contribution in [2.24, 2.45) is 0 Å². The van der Waals surface area contributed by atoms with Gasteiger partial charge in [-0.05, 0) is 19.1 Å². The van der Waals surface area contributed by atoms with Gasteiger partial charge in [-0.15, -0.1) is 11.8 Å². The maximum atomic E-state index is 10.6. The van der Waals surface area contributed by atoms with Gasteiger partial charge < -0.3 is 0 Å². The van der Waals surface area contributed by atoms with Gasteiger partial charge in [-0.2, -0.15) is 0 Å². The Bertz CT molecular complexity index is 268. The molecule has 1 nitrogen and oxygen atoms in total. The number of ketones is 1. The molecule has 0 saturated heterocycles. The van der Waals surface area contributed by atoms with Gasteiger partial charge in [-0.1, -0.05) is 17.6 Å². The lowest BCUT2D eigenvalue weighted by atomic mass is 9.97. The first-order valence-corrected chi connectivity index (χ1v) is 4.65. The molecule has 0 heterocycles. The fourth-order valence-electron chi connectivity index (χ4n) is 0.749. The van der Waals surface area contributed by atoms with Gasteiger partial charge in [-0.3, -0.25) is 4.79 Å². The largest absolute Gasteiger partial charge is 0.299 e. The number of thioether (sulfide) groups is 1. The lowest BCUT2D eigenvalue weighted by Crippen LogP contribution is -1.99. The molecule has 0 bridgehead atoms. The van der Waals surface area contributed by atoms with Crippen LogP contribution in [0.2, 0.25) is 0 Å². The van der Waals surface area contributed by atoms with Crippen LogP contribution in [0.1, 0.15) is 6.92 Å². The average Bonchev–Trinajstić information content (AvgIpc) is 2.03. The highest BCUT2D eigenvalue weighted by molar-refractivity contribution is 8.00. The van der Waals surface area contributed by atoms with Gasteiger partial charge in [0.05, 0.1) is 5.75 Å². The number of carbonyl (C=O) groups excluding carboxylic acids is 1. The fraction of sp³-hybridized carbons (Fsp3) is 0.222. The second kappa shape index (κ2) is 4.36. The summed E-state index contributed by atoms with van der Waals surface area (Å²) >= 11 is 1.53. The van der Waals surface area contributed by atoms with Crippen molar-refractivity contribution in [3.63, 3.8) is 0 Å². The van der Waals surface area contributed by atoms with Crippen LogP contribution in [0.5, 0.6) is 0 Å². The molecule has 0 atom stereocenters. The number of carbonyl (C=O) groups is 1. The zero-order valence-electron chi connectivity index (χ0n) is 6.91. The van der Waals surface area contributed by atoms with E-state index in [0.29, 0.717) is 5.75 Å². The third-order valence-corrected chi connectivity index (χ3v) is 2.48. The maximum Gasteiger partial charge on any atom is 0.140 e. The summed E-state index contributed by atoms with van der Waals surface area (Å²) in [7, 11) is 5.51. The van der Waals surface area contributed by atoms with Crippen LogP contribution in [0.4, 0.5) is 0 Å². The van der Waals surface area contributed by atoms with E-state index in [1.54, 1.807) is 6.92 Å². The van der Waals surface area contributed by atoms with Crippen molar-refractivity contribution in [3.05, 3.63) is 24.3 Å². The van der Waals surface area contributed by atoms with E-state index in [-0.39, 0.29) is 5.78 Å². The standard InChI is InChI=1S/C9H9BOS/c1-7(11)6-12-9-4-2-8(10)3-5-9/h2-5H,6H2,1H3. The van der Waals surface area contributed by atoms with E-state index in [4.69, 9.17) is 7.85 Å². The zero-order valence-corrected chi connectivity index (χ0v) is 7.73. The molecule has 0 amide bonds. The van der Waals surface area contributed by atoms with E-state index < -0.39 is 0 Å². The maximum absolute atomic E-state index is 10.6. The smallest absolute Gasteiger partial charge is 0.140 e. The Morgan fingerprint density at radius 3 is 2.50 bits per heavy atom. The lowest BCUT2D eigenvalue weighted by molar-refractivity contribution is -0.114. The zero-order chi connectivity index (χ0) is 8.97. The van der Waals surface area contributed by atoms with Crippen molar-refractivity contribution in [3.8, 4) is 0 Å². The number of hydrogen-bond donors (Lipinski definition) is 0. The summed E-state index contributed by atoms with van der Waals surface area (Å²) in [6, 6.07) is 7.51. The molecule has 0 aliphatic carbocycles. The quantitative estimate of drug-likeness (QED) is 0.507. The molecule has 1 rings (SSSR count). The molecule has 0 unspecified atom stereocenters. The Hall–Kier alpha value is -0.695. The topological polar surface area (TPSA) is 17.1 Å². The van der Waals surface area contributed by atoms with Crippen molar-refractivity contribution in [2.75, 3.05) is 5.75 Å². The summed E-state index contributed by atoms with van der Waals surface area (Å²) in [5.41, 5.74) is 0.752. The minimum atomic E-state index is 0.192. The molecule has 3 heteroatoms. The normalized spacial score (nSPS) is 9.75. The second-order valence-electron chi connectivity index (χ2n) is 2.56. The summed E-state index contributed by atoms with van der Waals surface area (Å²) in [6.07, 6.45) is 0. The first-order chi connectivity index (χ1) is 5.68. The molecule has 12 heavy (non-hydrogen) atoms. The van der Waals surface area contributed by atoms with Crippen LogP contribution in [0.15, 0.2) is 29.2 Å². The van der Waals surface area contributed by atoms with Crippen LogP contribution in [-0.2, 0) is 4.79 Å². The van der Waals surface area contributed by atoms with Gasteiger partial charge in [0.1, 0.15) is 13.6 Å². The summed E-state index contributed by atoms with van der Waals surface area (Å²) in [4.78, 5) is 11.7. The highest BCUT2D eigenvalue weighted by Crippen LogP contribution is 2.15. The number of benzene rings is 1. The van der Waals surface area contributed by atoms with Gasteiger partial charge in [0, 0.05) is 4.90 Å². The lowest BCUT2D eigenvalue weighted by Gasteiger charge is -1.98. The Kier molecular flexibility index (Phi) is 3.41. The van der Waals surface area contributed by atoms with Crippen molar-refractivity contribution in [2.45, 2.75) is 11.8 Å². The summed E-state index contributed by atoms with van der Waals surface area (Å²) in [6.45, 7) is 1.59. The molecule has 0 spiro atoms. The first kappa shape index (κ1) is 9.39. The third kappa shape index (κ3) is 3.14. The van der Waals surface area contributed by atoms with E-state index in [1.807, 2.05) is 24.3 Å². The molecular formula is C9H9BOS. The van der Waals surface area contributed by atoms with Crippen LogP contribution in [0.3, 0.4) is 0 Å². The van der Waals surface area contributed by atoms with Gasteiger partial charge in [-0.25, -0.2) is 0 Å². The summed E-state index contributed by atoms with van der Waals surface area (Å²) in [5.74, 6) is 0.723. The fourth-order valence-corrected chi connectivity index (χ4v) is 1.45. The number of hydrogen-bond acceptors (Lipinski definition) is 2. The Morgan fingerprint density at radius 1 is 1.42 bits per heavy atom. The van der Waals surface area contributed by atoms with E-state index in [1.165, 1.54) is 11.8 Å². The SMILES string of the molecule is [B]c1ccc(SCC(C)=O)cc1. The van der Waals surface area contributed by atoms with Crippen LogP contribution in [0, 0.1) is 0 Å². The molecule has 0 N–H and O–H groups in total. The molecule has 60 valence electrons. The molecular weight excluding hydrogens is 167 g/mol. The molecule has 1 aromatic rings. The van der Waals surface area contributed by atoms with Gasteiger partial charge >= 0.3 is 0 Å². The molecule has 1 aromatic carbocycles. The Labute approximate surface area is 78.0 Å². The average molecular weight is 176 g/mol. The van der Waals surface area contributed by atoms with Crippen LogP contribution in [-0.4, -0.2) is 19.4 Å². The van der Waals surface area contributed by atoms with Crippen LogP contribution in [0.25, 0.3) is 0 Å². The Morgan fingerprint density at radius 2 is 2.00 bits per heavy atom. The first-order valence-electron chi connectivity index (χ1n) is 3.66. The molecule has 0 fully saturated rings. The van der Waals surface area contributed by atoms with E-state index in [0.717, 1.165) is 10.4 Å². The highest BCUT2D eigenvalue weighted by Gasteiger charge is 1.95. The van der Waals surface area contributed by atoms with Crippen molar-refractivity contribution in [1.29, 1.82) is 0 Å². The van der Waals surface area contributed by atoms with E-state index in [9.17, 15) is 4.79 Å². The van der Waals surface area contributed by atoms with Crippen LogP contribution < -0.4 is 5.46 Å². The third-order valence-electron chi connectivity index (χ3n) is 1.32. The molecule has 0 aliphatic rings. The summed E-state index contributed by atoms with van der Waals surface area (Å²) < 4.78 is 0. The summed E-state index contributed by atoms with van der Waals surface area (Å²) in [5, 5.41) is 0. The van der Waals surface area contributed by atoms with Gasteiger partial charge in [0.15, 0.2) is 0 Å². The predicted octanol–water partition coefficient (Wildman–Crippen LogP) is 1.16. The number of rotatable bonds is 3. The molecule has 0 aromatic heterocycles. The van der Waals surface area contributed by atoms with Crippen molar-refractivity contribution < 1.29 is 4.79 Å². The second-order valence-corrected chi connectivity index (χ2v) is 3.61. The molecule has 0 aliphatic heterocycles. The minimum absolute atomic E-state index is 0.192. The van der Waals surface area contributed by atoms with Crippen LogP contribution >= 0.6 is 11.8 Å². The van der Waals surface area contributed by atoms with Gasteiger partial charge in [0.25, 0.3) is 0 Å². The minimum Gasteiger partial charge on any atom is -0.299 e. The highest BCUT2D eigenvalue weighted by atomic mass is 32.2. The van der Waals surface area contributed by atoms with E-state index in [2.05, 4.69) is 0 Å². The molecule has 2 radical (unpaired) electrons. The van der Waals surface area contributed by atoms with Crippen molar-refractivity contribution in [1.82, 2.24) is 0 Å². The monoisotopic (exact) mass is 176 g/mol. The predicted molar refractivity (Wildman–Crippen MR) is 53.2 cm³/mol. The van der Waals surface area contributed by atoms with Crippen molar-refractivity contribution >= 4 is 30.9 Å². The molecule has 0 saturated carbocycles. The van der Waals surface area contributed by atoms with E-state index >= 15 is 0 Å². The number of Topliss-reactive ketones (excluding diaryl/α,β-unsaturated/α-hetero) is 1. The Balaban J connectivity index is 2.53. The van der Waals surface area contributed by atoms with Gasteiger partial charge in [0.2, 0.25) is 0 Å².